The minimum atomic E-state index is -0.209. The van der Waals surface area contributed by atoms with E-state index >= 15 is 0 Å². The number of halogens is 1. The van der Waals surface area contributed by atoms with Crippen LogP contribution in [0.5, 0.6) is 0 Å². The molecule has 1 saturated heterocycles. The first-order chi connectivity index (χ1) is 12.5. The lowest BCUT2D eigenvalue weighted by Gasteiger charge is -2.40. The molecular weight excluding hydrogens is 329 g/mol. The summed E-state index contributed by atoms with van der Waals surface area (Å²) in [6.07, 6.45) is 6.26. The van der Waals surface area contributed by atoms with Crippen molar-refractivity contribution in [2.45, 2.75) is 26.3 Å². The van der Waals surface area contributed by atoms with Gasteiger partial charge in [0, 0.05) is 36.5 Å². The van der Waals surface area contributed by atoms with E-state index in [4.69, 9.17) is 0 Å². The van der Waals surface area contributed by atoms with Crippen LogP contribution in [0.25, 0.3) is 22.2 Å². The first-order valence-electron chi connectivity index (χ1n) is 9.02. The number of aryl methyl sites for hydroxylation is 1. The van der Waals surface area contributed by atoms with Crippen molar-refractivity contribution in [2.24, 2.45) is 5.41 Å². The quantitative estimate of drug-likeness (QED) is 0.722. The number of amides is 1. The highest BCUT2D eigenvalue weighted by molar-refractivity contribution is 5.84. The number of fused-ring (bicyclic) bond motifs is 1. The summed E-state index contributed by atoms with van der Waals surface area (Å²) in [5, 5.41) is 0. The SMILES string of the molecule is Cc1cc(-c2cnc3ccn(CC(=O)N4CC5(CC5)C4)c3c2)ccc1F. The summed E-state index contributed by atoms with van der Waals surface area (Å²) < 4.78 is 15.5. The van der Waals surface area contributed by atoms with Gasteiger partial charge in [-0.1, -0.05) is 6.07 Å². The highest BCUT2D eigenvalue weighted by Crippen LogP contribution is 2.52. The molecule has 0 N–H and O–H groups in total. The van der Waals surface area contributed by atoms with Gasteiger partial charge >= 0.3 is 0 Å². The Kier molecular flexibility index (Phi) is 3.23. The van der Waals surface area contributed by atoms with Gasteiger partial charge in [0.05, 0.1) is 11.0 Å². The molecule has 0 radical (unpaired) electrons. The molecule has 0 atom stereocenters. The maximum absolute atomic E-state index is 13.5. The summed E-state index contributed by atoms with van der Waals surface area (Å²) in [4.78, 5) is 19.0. The molecule has 5 rings (SSSR count). The third-order valence-corrected chi connectivity index (χ3v) is 5.78. The van der Waals surface area contributed by atoms with Crippen molar-refractivity contribution >= 4 is 16.9 Å². The van der Waals surface area contributed by atoms with E-state index in [1.165, 1.54) is 18.9 Å². The zero-order chi connectivity index (χ0) is 17.9. The van der Waals surface area contributed by atoms with Gasteiger partial charge < -0.3 is 9.47 Å². The lowest BCUT2D eigenvalue weighted by atomic mass is 9.97. The fourth-order valence-electron chi connectivity index (χ4n) is 3.86. The van der Waals surface area contributed by atoms with Crippen LogP contribution in [0.1, 0.15) is 18.4 Å². The molecule has 0 unspecified atom stereocenters. The first kappa shape index (κ1) is 15.6. The zero-order valence-electron chi connectivity index (χ0n) is 14.7. The van der Waals surface area contributed by atoms with Crippen LogP contribution in [-0.4, -0.2) is 33.4 Å². The van der Waals surface area contributed by atoms with Crippen LogP contribution >= 0.6 is 0 Å². The van der Waals surface area contributed by atoms with Crippen LogP contribution in [0.15, 0.2) is 42.7 Å². The van der Waals surface area contributed by atoms with Crippen molar-refractivity contribution in [1.82, 2.24) is 14.5 Å². The summed E-state index contributed by atoms with van der Waals surface area (Å²) in [5.74, 6) is -0.0391. The second-order valence-electron chi connectivity index (χ2n) is 7.79. The van der Waals surface area contributed by atoms with Crippen LogP contribution < -0.4 is 0 Å². The topological polar surface area (TPSA) is 38.1 Å². The number of hydrogen-bond acceptors (Lipinski definition) is 2. The van der Waals surface area contributed by atoms with Crippen molar-refractivity contribution in [2.75, 3.05) is 13.1 Å². The maximum atomic E-state index is 13.5. The van der Waals surface area contributed by atoms with Crippen LogP contribution in [0.4, 0.5) is 4.39 Å². The molecule has 0 bridgehead atoms. The predicted octanol–water partition coefficient (Wildman–Crippen LogP) is 3.77. The molecule has 2 aliphatic rings. The largest absolute Gasteiger partial charge is 0.340 e. The van der Waals surface area contributed by atoms with E-state index in [9.17, 15) is 9.18 Å². The fourth-order valence-corrected chi connectivity index (χ4v) is 3.86. The number of likely N-dealkylation sites (tertiary alicyclic amines) is 1. The van der Waals surface area contributed by atoms with Gasteiger partial charge in [0.25, 0.3) is 0 Å². The number of aromatic nitrogens is 2. The molecule has 132 valence electrons. The Balaban J connectivity index is 1.43. The summed E-state index contributed by atoms with van der Waals surface area (Å²) in [5.41, 5.74) is 4.73. The molecular formula is C21H20FN3O. The predicted molar refractivity (Wildman–Crippen MR) is 98.1 cm³/mol. The second-order valence-corrected chi connectivity index (χ2v) is 7.79. The number of nitrogens with zero attached hydrogens (tertiary/aromatic N) is 3. The Labute approximate surface area is 151 Å². The van der Waals surface area contributed by atoms with Gasteiger partial charge in [0.1, 0.15) is 12.4 Å². The molecule has 1 amide bonds. The van der Waals surface area contributed by atoms with E-state index in [2.05, 4.69) is 4.98 Å². The summed E-state index contributed by atoms with van der Waals surface area (Å²) >= 11 is 0. The molecule has 1 aromatic carbocycles. The molecule has 2 aromatic heterocycles. The van der Waals surface area contributed by atoms with Gasteiger partial charge in [0.15, 0.2) is 0 Å². The van der Waals surface area contributed by atoms with Crippen LogP contribution in [0.3, 0.4) is 0 Å². The summed E-state index contributed by atoms with van der Waals surface area (Å²) in [6, 6.07) is 9.03. The average Bonchev–Trinajstić information content (AvgIpc) is 3.32. The minimum Gasteiger partial charge on any atom is -0.340 e. The van der Waals surface area contributed by atoms with Crippen molar-refractivity contribution in [3.63, 3.8) is 0 Å². The first-order valence-corrected chi connectivity index (χ1v) is 9.02. The van der Waals surface area contributed by atoms with E-state index in [1.807, 2.05) is 33.9 Å². The van der Waals surface area contributed by atoms with Gasteiger partial charge in [-0.15, -0.1) is 0 Å². The molecule has 1 saturated carbocycles. The molecule has 1 aliphatic carbocycles. The Hall–Kier alpha value is -2.69. The highest BCUT2D eigenvalue weighted by atomic mass is 19.1. The number of rotatable bonds is 3. The zero-order valence-corrected chi connectivity index (χ0v) is 14.7. The van der Waals surface area contributed by atoms with Crippen LogP contribution in [0.2, 0.25) is 0 Å². The third-order valence-electron chi connectivity index (χ3n) is 5.78. The Bertz CT molecular complexity index is 1030. The molecule has 3 heterocycles. The Morgan fingerprint density at radius 3 is 2.73 bits per heavy atom. The van der Waals surface area contributed by atoms with Gasteiger partial charge in [0.2, 0.25) is 5.91 Å². The van der Waals surface area contributed by atoms with Crippen molar-refractivity contribution in [3.8, 4) is 11.1 Å². The highest BCUT2D eigenvalue weighted by Gasteiger charge is 2.53. The molecule has 2 fully saturated rings. The van der Waals surface area contributed by atoms with Crippen molar-refractivity contribution in [1.29, 1.82) is 0 Å². The number of pyridine rings is 1. The van der Waals surface area contributed by atoms with E-state index in [-0.39, 0.29) is 11.7 Å². The molecule has 26 heavy (non-hydrogen) atoms. The van der Waals surface area contributed by atoms with Crippen LogP contribution in [0, 0.1) is 18.2 Å². The fraction of sp³-hybridized carbons (Fsp3) is 0.333. The Morgan fingerprint density at radius 2 is 2.00 bits per heavy atom. The normalized spacial score (nSPS) is 17.5. The lowest BCUT2D eigenvalue weighted by Crippen LogP contribution is -2.52. The van der Waals surface area contributed by atoms with Crippen LogP contribution in [-0.2, 0) is 11.3 Å². The molecule has 1 spiro atoms. The smallest absolute Gasteiger partial charge is 0.242 e. The van der Waals surface area contributed by atoms with E-state index in [0.29, 0.717) is 17.5 Å². The number of hydrogen-bond donors (Lipinski definition) is 0. The van der Waals surface area contributed by atoms with E-state index in [1.54, 1.807) is 19.2 Å². The second kappa shape index (κ2) is 5.40. The van der Waals surface area contributed by atoms with Crippen molar-refractivity contribution < 1.29 is 9.18 Å². The Morgan fingerprint density at radius 1 is 1.19 bits per heavy atom. The average molecular weight is 349 g/mol. The molecule has 3 aromatic rings. The van der Waals surface area contributed by atoms with Crippen molar-refractivity contribution in [3.05, 3.63) is 54.1 Å². The van der Waals surface area contributed by atoms with Gasteiger partial charge in [-0.05, 0) is 55.2 Å². The number of carbonyl (C=O) groups is 1. The van der Waals surface area contributed by atoms with E-state index < -0.39 is 0 Å². The number of benzene rings is 1. The minimum absolute atomic E-state index is 0.169. The third kappa shape index (κ3) is 2.50. The lowest BCUT2D eigenvalue weighted by molar-refractivity contribution is -0.139. The summed E-state index contributed by atoms with van der Waals surface area (Å²) in [7, 11) is 0. The van der Waals surface area contributed by atoms with E-state index in [0.717, 1.165) is 35.2 Å². The van der Waals surface area contributed by atoms with Gasteiger partial charge in [-0.3, -0.25) is 9.78 Å². The maximum Gasteiger partial charge on any atom is 0.242 e. The molecule has 4 nitrogen and oxygen atoms in total. The molecule has 5 heteroatoms. The standard InChI is InChI=1S/C21H20FN3O/c1-14-8-15(2-3-17(14)22)16-9-19-18(23-10-16)4-7-24(19)11-20(26)25-12-21(13-25)5-6-21/h2-4,7-10H,5-6,11-13H2,1H3. The number of carbonyl (C=O) groups excluding carboxylic acids is 1. The van der Waals surface area contributed by atoms with Gasteiger partial charge in [-0.2, -0.15) is 0 Å². The van der Waals surface area contributed by atoms with Gasteiger partial charge in [-0.25, -0.2) is 4.39 Å². The monoisotopic (exact) mass is 349 g/mol. The molecule has 1 aliphatic heterocycles. The summed E-state index contributed by atoms with van der Waals surface area (Å²) in [6.45, 7) is 3.94.